The van der Waals surface area contributed by atoms with Crippen LogP contribution in [-0.4, -0.2) is 47.4 Å². The van der Waals surface area contributed by atoms with Crippen molar-refractivity contribution >= 4 is 11.9 Å². The van der Waals surface area contributed by atoms with E-state index in [1.54, 1.807) is 0 Å². The molecule has 0 fully saturated rings. The number of aliphatic hydroxyl groups is 2. The number of esters is 1. The molecule has 0 radical (unpaired) electrons. The van der Waals surface area contributed by atoms with Crippen LogP contribution in [0.4, 0.5) is 0 Å². The minimum atomic E-state index is -0.661. The van der Waals surface area contributed by atoms with Gasteiger partial charge in [-0.1, -0.05) is 366 Å². The van der Waals surface area contributed by atoms with Crippen molar-refractivity contribution in [3.05, 3.63) is 12.2 Å². The average Bonchev–Trinajstić information content (AvgIpc) is 3.45. The molecular formula is C73H143NO5. The predicted octanol–water partition coefficient (Wildman–Crippen LogP) is 23.5. The number of carbonyl (C=O) groups is 2. The van der Waals surface area contributed by atoms with Crippen LogP contribution >= 0.6 is 0 Å². The summed E-state index contributed by atoms with van der Waals surface area (Å²) < 4.78 is 5.48. The molecule has 0 aromatic heterocycles. The summed E-state index contributed by atoms with van der Waals surface area (Å²) in [5.74, 6) is -0.0146. The smallest absolute Gasteiger partial charge is 0.305 e. The van der Waals surface area contributed by atoms with Crippen LogP contribution in [0.3, 0.4) is 0 Å². The SMILES string of the molecule is CCCCCC/C=C\CCCCCCCC(=O)OCCCCCCCCCCCCCCCCCCCCCCCCCCCCCCCCC(=O)NC(CO)C(O)CCCCCCCCCCCCCCCCCCCCC. The average molecular weight is 1110 g/mol. The Labute approximate surface area is 495 Å². The molecule has 0 saturated heterocycles. The third-order valence-electron chi connectivity index (χ3n) is 17.3. The highest BCUT2D eigenvalue weighted by Gasteiger charge is 2.20. The lowest BCUT2D eigenvalue weighted by atomic mass is 10.0. The van der Waals surface area contributed by atoms with E-state index in [1.807, 2.05) is 0 Å². The Morgan fingerprint density at radius 2 is 0.595 bits per heavy atom. The van der Waals surface area contributed by atoms with Gasteiger partial charge in [0.1, 0.15) is 0 Å². The molecule has 470 valence electrons. The highest BCUT2D eigenvalue weighted by atomic mass is 16.5. The lowest BCUT2D eigenvalue weighted by molar-refractivity contribution is -0.143. The van der Waals surface area contributed by atoms with Gasteiger partial charge in [-0.25, -0.2) is 0 Å². The maximum Gasteiger partial charge on any atom is 0.305 e. The van der Waals surface area contributed by atoms with Gasteiger partial charge in [-0.3, -0.25) is 9.59 Å². The zero-order valence-electron chi connectivity index (χ0n) is 53.9. The summed E-state index contributed by atoms with van der Waals surface area (Å²) in [7, 11) is 0. The number of unbranched alkanes of at least 4 members (excludes halogenated alkanes) is 56. The molecule has 6 heteroatoms. The van der Waals surface area contributed by atoms with Crippen molar-refractivity contribution in [3.8, 4) is 0 Å². The van der Waals surface area contributed by atoms with Gasteiger partial charge in [0.05, 0.1) is 25.4 Å². The number of aliphatic hydroxyl groups excluding tert-OH is 2. The van der Waals surface area contributed by atoms with Gasteiger partial charge < -0.3 is 20.3 Å². The largest absolute Gasteiger partial charge is 0.466 e. The van der Waals surface area contributed by atoms with Crippen molar-refractivity contribution in [1.29, 1.82) is 0 Å². The molecule has 1 amide bonds. The van der Waals surface area contributed by atoms with Gasteiger partial charge in [-0.15, -0.1) is 0 Å². The minimum absolute atomic E-state index is 0.0118. The van der Waals surface area contributed by atoms with E-state index < -0.39 is 12.1 Å². The molecule has 2 unspecified atom stereocenters. The Morgan fingerprint density at radius 3 is 0.911 bits per heavy atom. The third-order valence-corrected chi connectivity index (χ3v) is 17.3. The maximum absolute atomic E-state index is 12.5. The fourth-order valence-corrected chi connectivity index (χ4v) is 11.8. The summed E-state index contributed by atoms with van der Waals surface area (Å²) >= 11 is 0. The highest BCUT2D eigenvalue weighted by Crippen LogP contribution is 2.20. The molecule has 0 aliphatic rings. The summed E-state index contributed by atoms with van der Waals surface area (Å²) in [6.45, 7) is 4.98. The van der Waals surface area contributed by atoms with E-state index in [0.717, 1.165) is 44.9 Å². The molecule has 0 rings (SSSR count). The monoisotopic (exact) mass is 1110 g/mol. The van der Waals surface area contributed by atoms with E-state index in [4.69, 9.17) is 4.74 Å². The molecule has 0 aliphatic carbocycles. The summed E-state index contributed by atoms with van der Waals surface area (Å²) in [4.78, 5) is 24.6. The van der Waals surface area contributed by atoms with Crippen molar-refractivity contribution in [1.82, 2.24) is 5.32 Å². The van der Waals surface area contributed by atoms with E-state index in [-0.39, 0.29) is 18.5 Å². The summed E-state index contributed by atoms with van der Waals surface area (Å²) in [5.41, 5.74) is 0. The first-order valence-electron chi connectivity index (χ1n) is 36.4. The van der Waals surface area contributed by atoms with Crippen LogP contribution in [0.5, 0.6) is 0 Å². The molecule has 0 aromatic rings. The van der Waals surface area contributed by atoms with Crippen LogP contribution in [0.15, 0.2) is 12.2 Å². The molecule has 79 heavy (non-hydrogen) atoms. The molecular weight excluding hydrogens is 971 g/mol. The van der Waals surface area contributed by atoms with Gasteiger partial charge in [0.15, 0.2) is 0 Å². The Bertz CT molecular complexity index is 1190. The predicted molar refractivity (Wildman–Crippen MR) is 347 cm³/mol. The van der Waals surface area contributed by atoms with Crippen molar-refractivity contribution < 1.29 is 24.5 Å². The van der Waals surface area contributed by atoms with E-state index >= 15 is 0 Å². The number of hydrogen-bond donors (Lipinski definition) is 3. The number of allylic oxidation sites excluding steroid dienone is 2. The van der Waals surface area contributed by atoms with Crippen LogP contribution < -0.4 is 5.32 Å². The number of hydrogen-bond acceptors (Lipinski definition) is 5. The van der Waals surface area contributed by atoms with Crippen molar-refractivity contribution in [2.75, 3.05) is 13.2 Å². The zero-order chi connectivity index (χ0) is 57.1. The molecule has 0 saturated carbocycles. The van der Waals surface area contributed by atoms with Crippen molar-refractivity contribution in [2.24, 2.45) is 0 Å². The van der Waals surface area contributed by atoms with Gasteiger partial charge >= 0.3 is 5.97 Å². The van der Waals surface area contributed by atoms with Crippen LogP contribution in [0.1, 0.15) is 418 Å². The Kier molecular flexibility index (Phi) is 67.9. The van der Waals surface area contributed by atoms with Gasteiger partial charge in [-0.05, 0) is 51.4 Å². The summed E-state index contributed by atoms with van der Waals surface area (Å²) in [5, 5.41) is 23.4. The Balaban J connectivity index is 3.33. The molecule has 0 aliphatic heterocycles. The fraction of sp³-hybridized carbons (Fsp3) is 0.945. The Hall–Kier alpha value is -1.40. The van der Waals surface area contributed by atoms with Crippen LogP contribution in [0, 0.1) is 0 Å². The molecule has 0 spiro atoms. The van der Waals surface area contributed by atoms with Gasteiger partial charge in [-0.2, -0.15) is 0 Å². The summed E-state index contributed by atoms with van der Waals surface area (Å²) in [6, 6.07) is -0.538. The van der Waals surface area contributed by atoms with E-state index in [2.05, 4.69) is 31.3 Å². The van der Waals surface area contributed by atoms with Gasteiger partial charge in [0.25, 0.3) is 0 Å². The fourth-order valence-electron chi connectivity index (χ4n) is 11.8. The number of nitrogens with one attached hydrogen (secondary N) is 1. The second-order valence-electron chi connectivity index (χ2n) is 25.3. The number of carbonyl (C=O) groups excluding carboxylic acids is 2. The number of ether oxygens (including phenoxy) is 1. The van der Waals surface area contributed by atoms with E-state index in [1.165, 1.54) is 340 Å². The topological polar surface area (TPSA) is 95.9 Å². The first-order valence-corrected chi connectivity index (χ1v) is 36.4. The minimum Gasteiger partial charge on any atom is -0.466 e. The van der Waals surface area contributed by atoms with Crippen LogP contribution in [0.2, 0.25) is 0 Å². The zero-order valence-corrected chi connectivity index (χ0v) is 53.9. The Morgan fingerprint density at radius 1 is 0.342 bits per heavy atom. The molecule has 6 nitrogen and oxygen atoms in total. The van der Waals surface area contributed by atoms with Crippen molar-refractivity contribution in [3.63, 3.8) is 0 Å². The summed E-state index contributed by atoms with van der Waals surface area (Å²) in [6.07, 6.45) is 85.6. The van der Waals surface area contributed by atoms with Crippen LogP contribution in [0.25, 0.3) is 0 Å². The number of rotatable bonds is 69. The quantitative estimate of drug-likeness (QED) is 0.0320. The maximum atomic E-state index is 12.5. The lowest BCUT2D eigenvalue weighted by Crippen LogP contribution is -2.45. The highest BCUT2D eigenvalue weighted by molar-refractivity contribution is 5.76. The second kappa shape index (κ2) is 69.1. The lowest BCUT2D eigenvalue weighted by Gasteiger charge is -2.22. The van der Waals surface area contributed by atoms with Crippen molar-refractivity contribution in [2.45, 2.75) is 431 Å². The third kappa shape index (κ3) is 65.6. The van der Waals surface area contributed by atoms with E-state index in [9.17, 15) is 19.8 Å². The van der Waals surface area contributed by atoms with Gasteiger partial charge in [0.2, 0.25) is 5.91 Å². The number of amides is 1. The molecule has 2 atom stereocenters. The van der Waals surface area contributed by atoms with Gasteiger partial charge in [0, 0.05) is 12.8 Å². The normalized spacial score (nSPS) is 12.5. The van der Waals surface area contributed by atoms with E-state index in [0.29, 0.717) is 25.9 Å². The first kappa shape index (κ1) is 77.6. The standard InChI is InChI=1S/C73H143NO5/c1-3-5-7-9-11-13-15-17-18-19-32-35-38-42-45-49-53-57-61-65-71(76)70(69-75)74-72(77)66-62-58-54-50-46-43-39-36-33-30-28-26-24-22-20-21-23-25-27-29-31-34-37-40-44-48-52-56-60-64-68-79-73(78)67-63-59-55-51-47-41-16-14-12-10-8-6-4-2/h14,16,70-71,75-76H,3-13,15,17-69H2,1-2H3,(H,74,77)/b16-14-. The molecule has 0 bridgehead atoms. The molecule has 0 heterocycles. The molecule has 0 aromatic carbocycles. The second-order valence-corrected chi connectivity index (χ2v) is 25.3. The first-order chi connectivity index (χ1) is 39.0. The molecule has 3 N–H and O–H groups in total. The van der Waals surface area contributed by atoms with Crippen LogP contribution in [-0.2, 0) is 14.3 Å².